The third kappa shape index (κ3) is 4.10. The summed E-state index contributed by atoms with van der Waals surface area (Å²) in [5.41, 5.74) is 0.738. The molecule has 126 valence electrons. The van der Waals surface area contributed by atoms with Crippen molar-refractivity contribution >= 4 is 11.7 Å². The van der Waals surface area contributed by atoms with Gasteiger partial charge >= 0.3 is 0 Å². The van der Waals surface area contributed by atoms with Crippen molar-refractivity contribution < 1.29 is 14.3 Å². The Labute approximate surface area is 138 Å². The molecule has 0 spiro atoms. The lowest BCUT2D eigenvalue weighted by Gasteiger charge is -2.35. The van der Waals surface area contributed by atoms with Gasteiger partial charge in [0.05, 0.1) is 13.2 Å². The van der Waals surface area contributed by atoms with Crippen molar-refractivity contribution in [1.82, 2.24) is 9.80 Å². The van der Waals surface area contributed by atoms with Crippen LogP contribution in [-0.2, 0) is 4.79 Å². The van der Waals surface area contributed by atoms with Gasteiger partial charge in [0, 0.05) is 25.6 Å². The fraction of sp³-hybridized carbons (Fsp3) is 0.556. The normalized spacial score (nSPS) is 17.6. The number of nitrogens with zero attached hydrogens (tertiary/aromatic N) is 2. The molecule has 1 heterocycles. The number of benzene rings is 1. The molecule has 5 nitrogen and oxygen atoms in total. The largest absolute Gasteiger partial charge is 0.497 e. The first-order chi connectivity index (χ1) is 10.9. The molecule has 0 bridgehead atoms. The van der Waals surface area contributed by atoms with Crippen LogP contribution in [0.3, 0.4) is 0 Å². The summed E-state index contributed by atoms with van der Waals surface area (Å²) in [5, 5.41) is 0. The number of ketones is 1. The Bertz CT molecular complexity index is 546. The fourth-order valence-corrected chi connectivity index (χ4v) is 3.07. The highest BCUT2D eigenvalue weighted by Crippen LogP contribution is 2.24. The lowest BCUT2D eigenvalue weighted by molar-refractivity contribution is -0.134. The molecule has 5 heteroatoms. The van der Waals surface area contributed by atoms with E-state index < -0.39 is 0 Å². The van der Waals surface area contributed by atoms with Gasteiger partial charge in [-0.1, -0.05) is 0 Å². The molecule has 1 amide bonds. The highest BCUT2D eigenvalue weighted by atomic mass is 16.5. The number of hydrogen-bond donors (Lipinski definition) is 0. The molecule has 1 unspecified atom stereocenters. The van der Waals surface area contributed by atoms with Crippen LogP contribution in [0.25, 0.3) is 0 Å². The van der Waals surface area contributed by atoms with Gasteiger partial charge in [-0.3, -0.25) is 14.5 Å². The molecule has 0 saturated carbocycles. The quantitative estimate of drug-likeness (QED) is 0.780. The predicted octanol–water partition coefficient (Wildman–Crippen LogP) is 2.07. The van der Waals surface area contributed by atoms with Crippen molar-refractivity contribution in [2.24, 2.45) is 5.92 Å². The summed E-state index contributed by atoms with van der Waals surface area (Å²) >= 11 is 0. The van der Waals surface area contributed by atoms with Crippen molar-refractivity contribution in [2.45, 2.75) is 25.8 Å². The van der Waals surface area contributed by atoms with Crippen LogP contribution >= 0.6 is 0 Å². The maximum absolute atomic E-state index is 12.6. The van der Waals surface area contributed by atoms with Gasteiger partial charge in [0.25, 0.3) is 0 Å². The van der Waals surface area contributed by atoms with Crippen LogP contribution in [0.5, 0.6) is 5.75 Å². The summed E-state index contributed by atoms with van der Waals surface area (Å²) < 4.78 is 5.12. The fourth-order valence-electron chi connectivity index (χ4n) is 3.07. The number of likely N-dealkylation sites (N-methyl/N-ethyl adjacent to an activating group) is 1. The summed E-state index contributed by atoms with van der Waals surface area (Å²) in [6, 6.07) is 7.17. The topological polar surface area (TPSA) is 49.9 Å². The van der Waals surface area contributed by atoms with Gasteiger partial charge in [0.15, 0.2) is 5.78 Å². The van der Waals surface area contributed by atoms with Crippen molar-refractivity contribution in [2.75, 3.05) is 34.3 Å². The molecule has 1 aromatic carbocycles. The van der Waals surface area contributed by atoms with E-state index in [0.717, 1.165) is 37.2 Å². The molecule has 1 aromatic rings. The first-order valence-corrected chi connectivity index (χ1v) is 8.07. The minimum atomic E-state index is -0.123. The molecule has 0 radical (unpaired) electrons. The zero-order chi connectivity index (χ0) is 17.0. The zero-order valence-electron chi connectivity index (χ0n) is 14.4. The number of carbonyl (C=O) groups is 2. The summed E-state index contributed by atoms with van der Waals surface area (Å²) in [6.45, 7) is 3.51. The van der Waals surface area contributed by atoms with E-state index in [0.29, 0.717) is 0 Å². The molecule has 23 heavy (non-hydrogen) atoms. The Morgan fingerprint density at radius 3 is 2.22 bits per heavy atom. The van der Waals surface area contributed by atoms with Gasteiger partial charge in [-0.25, -0.2) is 0 Å². The Hall–Kier alpha value is -1.88. The lowest BCUT2D eigenvalue weighted by atomic mass is 9.88. The number of Topliss-reactive ketones (excluding diaryl/α,β-unsaturated/α-hetero) is 1. The van der Waals surface area contributed by atoms with Crippen LogP contribution in [0.2, 0.25) is 0 Å². The SMILES string of the molecule is COc1ccc(C(=O)C2CCN(C(C)C(=O)N(C)C)CC2)cc1. The summed E-state index contributed by atoms with van der Waals surface area (Å²) in [7, 11) is 5.17. The number of rotatable bonds is 5. The van der Waals surface area contributed by atoms with Crippen molar-refractivity contribution in [1.29, 1.82) is 0 Å². The molecule has 1 atom stereocenters. The predicted molar refractivity (Wildman–Crippen MR) is 89.8 cm³/mol. The molecule has 0 aliphatic carbocycles. The van der Waals surface area contributed by atoms with Crippen LogP contribution in [0, 0.1) is 5.92 Å². The Kier molecular flexibility index (Phi) is 5.77. The standard InChI is InChI=1S/C18H26N2O3/c1-13(18(22)19(2)3)20-11-9-15(10-12-20)17(21)14-5-7-16(23-4)8-6-14/h5-8,13,15H,9-12H2,1-4H3. The van der Waals surface area contributed by atoms with Crippen LogP contribution in [0.15, 0.2) is 24.3 Å². The molecule has 0 N–H and O–H groups in total. The summed E-state index contributed by atoms with van der Waals surface area (Å²) in [5.74, 6) is 1.11. The van der Waals surface area contributed by atoms with Gasteiger partial charge in [-0.15, -0.1) is 0 Å². The highest BCUT2D eigenvalue weighted by Gasteiger charge is 2.30. The molecular weight excluding hydrogens is 292 g/mol. The second kappa shape index (κ2) is 7.59. The maximum atomic E-state index is 12.6. The Balaban J connectivity index is 1.93. The van der Waals surface area contributed by atoms with Gasteiger partial charge in [-0.05, 0) is 57.1 Å². The molecule has 1 fully saturated rings. The van der Waals surface area contributed by atoms with Gasteiger partial charge in [0.1, 0.15) is 5.75 Å². The number of amides is 1. The van der Waals surface area contributed by atoms with E-state index in [4.69, 9.17) is 4.74 Å². The molecule has 1 saturated heterocycles. The van der Waals surface area contributed by atoms with Crippen molar-refractivity contribution in [3.8, 4) is 5.75 Å². The molecule has 1 aliphatic heterocycles. The number of methoxy groups -OCH3 is 1. The molecular formula is C18H26N2O3. The third-order valence-corrected chi connectivity index (χ3v) is 4.62. The van der Waals surface area contributed by atoms with Gasteiger partial charge in [-0.2, -0.15) is 0 Å². The number of piperidine rings is 1. The monoisotopic (exact) mass is 318 g/mol. The first kappa shape index (κ1) is 17.5. The maximum Gasteiger partial charge on any atom is 0.239 e. The van der Waals surface area contributed by atoms with Crippen LogP contribution in [-0.4, -0.2) is 61.8 Å². The first-order valence-electron chi connectivity index (χ1n) is 8.07. The van der Waals surface area contributed by atoms with E-state index in [1.807, 2.05) is 31.2 Å². The van der Waals surface area contributed by atoms with Crippen LogP contribution in [0.1, 0.15) is 30.1 Å². The average molecular weight is 318 g/mol. The van der Waals surface area contributed by atoms with Crippen LogP contribution in [0.4, 0.5) is 0 Å². The second-order valence-electron chi connectivity index (χ2n) is 6.31. The number of carbonyl (C=O) groups excluding carboxylic acids is 2. The molecule has 2 rings (SSSR count). The van der Waals surface area contributed by atoms with Gasteiger partial charge in [0.2, 0.25) is 5.91 Å². The number of ether oxygens (including phenoxy) is 1. The molecule has 1 aliphatic rings. The zero-order valence-corrected chi connectivity index (χ0v) is 14.4. The average Bonchev–Trinajstić information content (AvgIpc) is 2.60. The number of likely N-dealkylation sites (tertiary alicyclic amines) is 1. The number of hydrogen-bond acceptors (Lipinski definition) is 4. The summed E-state index contributed by atoms with van der Waals surface area (Å²) in [6.07, 6.45) is 1.60. The Morgan fingerprint density at radius 2 is 1.74 bits per heavy atom. The van der Waals surface area contributed by atoms with Crippen molar-refractivity contribution in [3.63, 3.8) is 0 Å². The van der Waals surface area contributed by atoms with Gasteiger partial charge < -0.3 is 9.64 Å². The van der Waals surface area contributed by atoms with E-state index in [9.17, 15) is 9.59 Å². The summed E-state index contributed by atoms with van der Waals surface area (Å²) in [4.78, 5) is 28.4. The van der Waals surface area contributed by atoms with E-state index in [2.05, 4.69) is 4.90 Å². The Morgan fingerprint density at radius 1 is 1.17 bits per heavy atom. The minimum Gasteiger partial charge on any atom is -0.497 e. The second-order valence-corrected chi connectivity index (χ2v) is 6.31. The van der Waals surface area contributed by atoms with Crippen molar-refractivity contribution in [3.05, 3.63) is 29.8 Å². The van der Waals surface area contributed by atoms with E-state index >= 15 is 0 Å². The smallest absolute Gasteiger partial charge is 0.239 e. The van der Waals surface area contributed by atoms with E-state index in [1.165, 1.54) is 0 Å². The lowest BCUT2D eigenvalue weighted by Crippen LogP contribution is -2.48. The van der Waals surface area contributed by atoms with E-state index in [1.54, 1.807) is 26.1 Å². The highest BCUT2D eigenvalue weighted by molar-refractivity contribution is 5.98. The minimum absolute atomic E-state index is 0.0429. The third-order valence-electron chi connectivity index (χ3n) is 4.62. The van der Waals surface area contributed by atoms with E-state index in [-0.39, 0.29) is 23.7 Å². The molecule has 0 aromatic heterocycles. The van der Waals surface area contributed by atoms with Crippen LogP contribution < -0.4 is 4.74 Å².